The maximum absolute atomic E-state index is 13.1. The Morgan fingerprint density at radius 3 is 2.22 bits per heavy atom. The number of ether oxygens (including phenoxy) is 4. The summed E-state index contributed by atoms with van der Waals surface area (Å²) in [4.78, 5) is 27.5. The summed E-state index contributed by atoms with van der Waals surface area (Å²) in [5, 5.41) is 11.2. The number of nitrogens with zero attached hydrogens (tertiary/aromatic N) is 1. The molecule has 1 amide bonds. The van der Waals surface area contributed by atoms with E-state index in [-0.39, 0.29) is 11.3 Å². The first-order valence-corrected chi connectivity index (χ1v) is 10.1. The highest BCUT2D eigenvalue weighted by molar-refractivity contribution is 6.46. The van der Waals surface area contributed by atoms with Gasteiger partial charge in [0.25, 0.3) is 11.7 Å². The molecule has 1 aliphatic rings. The minimum Gasteiger partial charge on any atom is -0.507 e. The lowest BCUT2D eigenvalue weighted by molar-refractivity contribution is -0.139. The van der Waals surface area contributed by atoms with Gasteiger partial charge in [-0.25, -0.2) is 0 Å². The van der Waals surface area contributed by atoms with Crippen LogP contribution in [-0.4, -0.2) is 56.7 Å². The molecule has 1 aliphatic heterocycles. The SMILES string of the molecule is CCCN1C(=O)C(=O)/C(=C(/O)c2ccc(OC)c(OC)c2)C1c1cccc(OC)c1OC. The number of rotatable bonds is 8. The summed E-state index contributed by atoms with van der Waals surface area (Å²) < 4.78 is 21.5. The number of carbonyl (C=O) groups excluding carboxylic acids is 2. The van der Waals surface area contributed by atoms with Gasteiger partial charge in [0.2, 0.25) is 0 Å². The Labute approximate surface area is 187 Å². The zero-order chi connectivity index (χ0) is 23.4. The van der Waals surface area contributed by atoms with Crippen LogP contribution in [0.15, 0.2) is 42.0 Å². The van der Waals surface area contributed by atoms with Crippen molar-refractivity contribution in [3.05, 3.63) is 53.1 Å². The Morgan fingerprint density at radius 2 is 1.62 bits per heavy atom. The third-order valence-corrected chi connectivity index (χ3v) is 5.39. The van der Waals surface area contributed by atoms with Crippen molar-refractivity contribution in [3.8, 4) is 23.0 Å². The number of benzene rings is 2. The first-order chi connectivity index (χ1) is 15.4. The highest BCUT2D eigenvalue weighted by Gasteiger charge is 2.47. The number of aliphatic hydroxyl groups is 1. The average Bonchev–Trinajstić information content (AvgIpc) is 3.07. The second-order valence-electron chi connectivity index (χ2n) is 7.15. The second kappa shape index (κ2) is 9.64. The monoisotopic (exact) mass is 441 g/mol. The fourth-order valence-electron chi connectivity index (χ4n) is 3.94. The summed E-state index contributed by atoms with van der Waals surface area (Å²) in [5.74, 6) is -0.0436. The molecule has 2 aromatic rings. The lowest BCUT2D eigenvalue weighted by atomic mass is 9.94. The molecule has 1 saturated heterocycles. The minimum absolute atomic E-state index is 0.0257. The van der Waals surface area contributed by atoms with Crippen LogP contribution in [0.2, 0.25) is 0 Å². The van der Waals surface area contributed by atoms with E-state index in [4.69, 9.17) is 18.9 Å². The van der Waals surface area contributed by atoms with Crippen LogP contribution in [0.3, 0.4) is 0 Å². The van der Waals surface area contributed by atoms with Crippen molar-refractivity contribution < 1.29 is 33.6 Å². The summed E-state index contributed by atoms with van der Waals surface area (Å²) in [7, 11) is 5.97. The maximum Gasteiger partial charge on any atom is 0.295 e. The van der Waals surface area contributed by atoms with E-state index in [1.807, 2.05) is 6.92 Å². The molecule has 0 radical (unpaired) electrons. The predicted octanol–water partition coefficient (Wildman–Crippen LogP) is 3.55. The van der Waals surface area contributed by atoms with E-state index in [9.17, 15) is 14.7 Å². The van der Waals surface area contributed by atoms with Crippen LogP contribution in [0, 0.1) is 0 Å². The number of hydrogen-bond acceptors (Lipinski definition) is 7. The topological polar surface area (TPSA) is 94.5 Å². The Hall–Kier alpha value is -3.68. The quantitative estimate of drug-likeness (QED) is 0.380. The number of ketones is 1. The van der Waals surface area contributed by atoms with E-state index in [2.05, 4.69) is 0 Å². The van der Waals surface area contributed by atoms with Crippen LogP contribution in [0.1, 0.15) is 30.5 Å². The van der Waals surface area contributed by atoms with Crippen LogP contribution in [0.25, 0.3) is 5.76 Å². The Balaban J connectivity index is 2.27. The summed E-state index contributed by atoms with van der Waals surface area (Å²) in [6.07, 6.45) is 0.631. The lowest BCUT2D eigenvalue weighted by Gasteiger charge is -2.26. The van der Waals surface area contributed by atoms with E-state index in [0.29, 0.717) is 47.1 Å². The molecule has 0 spiro atoms. The van der Waals surface area contributed by atoms with Crippen molar-refractivity contribution in [1.82, 2.24) is 4.90 Å². The number of Topliss-reactive ketones (excluding diaryl/α,β-unsaturated/α-hetero) is 1. The van der Waals surface area contributed by atoms with E-state index < -0.39 is 17.7 Å². The third-order valence-electron chi connectivity index (χ3n) is 5.39. The van der Waals surface area contributed by atoms with Gasteiger partial charge in [0, 0.05) is 17.7 Å². The van der Waals surface area contributed by atoms with E-state index in [1.165, 1.54) is 33.3 Å². The smallest absolute Gasteiger partial charge is 0.295 e. The van der Waals surface area contributed by atoms with Gasteiger partial charge in [-0.2, -0.15) is 0 Å². The van der Waals surface area contributed by atoms with Gasteiger partial charge in [-0.3, -0.25) is 9.59 Å². The zero-order valence-corrected chi connectivity index (χ0v) is 18.8. The first-order valence-electron chi connectivity index (χ1n) is 10.1. The molecule has 1 heterocycles. The lowest BCUT2D eigenvalue weighted by Crippen LogP contribution is -2.30. The Morgan fingerprint density at radius 1 is 0.938 bits per heavy atom. The standard InChI is InChI=1S/C24H27NO7/c1-6-12-25-20(15-8-7-9-17(30-3)23(15)32-5)19(22(27)24(25)28)21(26)14-10-11-16(29-2)18(13-14)31-4/h7-11,13,20,26H,6,12H2,1-5H3/b21-19+. The summed E-state index contributed by atoms with van der Waals surface area (Å²) in [5.41, 5.74) is 0.841. The van der Waals surface area contributed by atoms with Crippen LogP contribution in [-0.2, 0) is 9.59 Å². The van der Waals surface area contributed by atoms with E-state index in [1.54, 1.807) is 36.4 Å². The number of para-hydroxylation sites is 1. The molecule has 1 atom stereocenters. The normalized spacial score (nSPS) is 17.4. The third kappa shape index (κ3) is 3.84. The molecule has 0 saturated carbocycles. The fraction of sp³-hybridized carbons (Fsp3) is 0.333. The van der Waals surface area contributed by atoms with Crippen molar-refractivity contribution in [1.29, 1.82) is 0 Å². The number of aliphatic hydroxyl groups excluding tert-OH is 1. The molecular weight excluding hydrogens is 414 g/mol. The van der Waals surface area contributed by atoms with Crippen molar-refractivity contribution in [2.24, 2.45) is 0 Å². The molecule has 32 heavy (non-hydrogen) atoms. The summed E-state index contributed by atoms with van der Waals surface area (Å²) >= 11 is 0. The molecular formula is C24H27NO7. The molecule has 1 N–H and O–H groups in total. The van der Waals surface area contributed by atoms with E-state index in [0.717, 1.165) is 0 Å². The van der Waals surface area contributed by atoms with Crippen molar-refractivity contribution >= 4 is 17.4 Å². The van der Waals surface area contributed by atoms with E-state index >= 15 is 0 Å². The molecule has 170 valence electrons. The van der Waals surface area contributed by atoms with Gasteiger partial charge in [-0.1, -0.05) is 19.1 Å². The summed E-state index contributed by atoms with van der Waals surface area (Å²) in [6, 6.07) is 9.17. The molecule has 1 fully saturated rings. The first kappa shape index (κ1) is 23.0. The van der Waals surface area contributed by atoms with Crippen molar-refractivity contribution in [3.63, 3.8) is 0 Å². The molecule has 3 rings (SSSR count). The van der Waals surface area contributed by atoms with Gasteiger partial charge in [-0.15, -0.1) is 0 Å². The number of methoxy groups -OCH3 is 4. The maximum atomic E-state index is 13.1. The molecule has 0 aromatic heterocycles. The molecule has 0 aliphatic carbocycles. The average molecular weight is 441 g/mol. The molecule has 8 heteroatoms. The number of hydrogen-bond donors (Lipinski definition) is 1. The van der Waals surface area contributed by atoms with Gasteiger partial charge in [0.1, 0.15) is 5.76 Å². The van der Waals surface area contributed by atoms with Crippen LogP contribution in [0.5, 0.6) is 23.0 Å². The highest BCUT2D eigenvalue weighted by atomic mass is 16.5. The predicted molar refractivity (Wildman–Crippen MR) is 118 cm³/mol. The molecule has 8 nitrogen and oxygen atoms in total. The van der Waals surface area contributed by atoms with Crippen LogP contribution in [0.4, 0.5) is 0 Å². The van der Waals surface area contributed by atoms with Crippen LogP contribution >= 0.6 is 0 Å². The number of likely N-dealkylation sites (tertiary alicyclic amines) is 1. The largest absolute Gasteiger partial charge is 0.507 e. The fourth-order valence-corrected chi connectivity index (χ4v) is 3.94. The Kier molecular flexibility index (Phi) is 6.92. The zero-order valence-electron chi connectivity index (χ0n) is 18.8. The van der Waals surface area contributed by atoms with Gasteiger partial charge in [0.15, 0.2) is 23.0 Å². The van der Waals surface area contributed by atoms with Gasteiger partial charge < -0.3 is 29.0 Å². The van der Waals surface area contributed by atoms with Crippen LogP contribution < -0.4 is 18.9 Å². The minimum atomic E-state index is -0.840. The summed E-state index contributed by atoms with van der Waals surface area (Å²) in [6.45, 7) is 2.24. The molecule has 2 aromatic carbocycles. The van der Waals surface area contributed by atoms with Gasteiger partial charge in [-0.05, 0) is 30.7 Å². The van der Waals surface area contributed by atoms with Crippen molar-refractivity contribution in [2.75, 3.05) is 35.0 Å². The molecule has 0 bridgehead atoms. The van der Waals surface area contributed by atoms with Gasteiger partial charge >= 0.3 is 0 Å². The number of amides is 1. The number of carbonyl (C=O) groups is 2. The van der Waals surface area contributed by atoms with Crippen molar-refractivity contribution in [2.45, 2.75) is 19.4 Å². The highest BCUT2D eigenvalue weighted by Crippen LogP contribution is 2.45. The molecule has 1 unspecified atom stereocenters. The van der Waals surface area contributed by atoms with Gasteiger partial charge in [0.05, 0.1) is 40.1 Å². The second-order valence-corrected chi connectivity index (χ2v) is 7.15. The Bertz CT molecular complexity index is 1060.